The predicted octanol–water partition coefficient (Wildman–Crippen LogP) is 3.52. The van der Waals surface area contributed by atoms with Crippen LogP contribution < -0.4 is 11.1 Å². The van der Waals surface area contributed by atoms with E-state index in [0.717, 1.165) is 22.6 Å². The number of halogens is 1. The van der Waals surface area contributed by atoms with Crippen molar-refractivity contribution >= 4 is 28.7 Å². The molecular weight excluding hydrogens is 286 g/mol. The Morgan fingerprint density at radius 2 is 1.95 bits per heavy atom. The van der Waals surface area contributed by atoms with Crippen LogP contribution in [0.3, 0.4) is 0 Å². The van der Waals surface area contributed by atoms with Gasteiger partial charge < -0.3 is 11.1 Å². The molecule has 0 spiro atoms. The molecule has 0 saturated carbocycles. The molecule has 0 unspecified atom stereocenters. The van der Waals surface area contributed by atoms with Gasteiger partial charge in [0.25, 0.3) is 0 Å². The van der Waals surface area contributed by atoms with Crippen molar-refractivity contribution in [1.82, 2.24) is 15.0 Å². The fourth-order valence-electron chi connectivity index (χ4n) is 1.96. The quantitative estimate of drug-likeness (QED) is 0.773. The minimum Gasteiger partial charge on any atom is -0.397 e. The molecule has 1 aromatic carbocycles. The molecule has 104 valence electrons. The zero-order valence-corrected chi connectivity index (χ0v) is 11.7. The summed E-state index contributed by atoms with van der Waals surface area (Å²) in [6.07, 6.45) is 6.49. The molecule has 0 aliphatic rings. The summed E-state index contributed by atoms with van der Waals surface area (Å²) in [6, 6.07) is 9.25. The van der Waals surface area contributed by atoms with Crippen molar-refractivity contribution < 1.29 is 0 Å². The van der Waals surface area contributed by atoms with Gasteiger partial charge in [0.2, 0.25) is 0 Å². The van der Waals surface area contributed by atoms with Crippen LogP contribution in [0.4, 0.5) is 17.1 Å². The second-order valence-corrected chi connectivity index (χ2v) is 4.86. The Labute approximate surface area is 126 Å². The average molecular weight is 298 g/mol. The highest BCUT2D eigenvalue weighted by molar-refractivity contribution is 6.30. The first-order valence-corrected chi connectivity index (χ1v) is 6.63. The van der Waals surface area contributed by atoms with E-state index in [-0.39, 0.29) is 0 Å². The van der Waals surface area contributed by atoms with E-state index in [1.165, 1.54) is 6.33 Å². The average Bonchev–Trinajstić information content (AvgIpc) is 2.48. The highest BCUT2D eigenvalue weighted by Crippen LogP contribution is 2.28. The minimum absolute atomic E-state index is 0.583. The molecule has 0 bridgehead atoms. The van der Waals surface area contributed by atoms with E-state index in [4.69, 9.17) is 17.3 Å². The third-order valence-corrected chi connectivity index (χ3v) is 3.08. The van der Waals surface area contributed by atoms with Gasteiger partial charge in [-0.1, -0.05) is 17.7 Å². The molecule has 0 amide bonds. The van der Waals surface area contributed by atoms with Gasteiger partial charge in [-0.05, 0) is 24.3 Å². The second-order valence-electron chi connectivity index (χ2n) is 4.43. The molecule has 2 heterocycles. The summed E-state index contributed by atoms with van der Waals surface area (Å²) in [5.41, 5.74) is 9.52. The van der Waals surface area contributed by atoms with Crippen LogP contribution in [0.25, 0.3) is 11.3 Å². The monoisotopic (exact) mass is 297 g/mol. The van der Waals surface area contributed by atoms with Gasteiger partial charge >= 0.3 is 0 Å². The van der Waals surface area contributed by atoms with Crippen molar-refractivity contribution in [2.45, 2.75) is 0 Å². The molecule has 0 atom stereocenters. The Kier molecular flexibility index (Phi) is 3.66. The molecule has 21 heavy (non-hydrogen) atoms. The lowest BCUT2D eigenvalue weighted by atomic mass is 10.1. The normalized spacial score (nSPS) is 10.3. The van der Waals surface area contributed by atoms with Crippen LogP contribution in [0.5, 0.6) is 0 Å². The number of nitrogens with one attached hydrogen (secondary N) is 1. The minimum atomic E-state index is 0.583. The lowest BCUT2D eigenvalue weighted by Crippen LogP contribution is -1.97. The number of benzene rings is 1. The van der Waals surface area contributed by atoms with E-state index in [1.807, 2.05) is 30.3 Å². The molecular formula is C15H12ClN5. The van der Waals surface area contributed by atoms with Crippen LogP contribution in [0, 0.1) is 0 Å². The Balaban J connectivity index is 2.00. The highest BCUT2D eigenvalue weighted by Gasteiger charge is 2.08. The maximum Gasteiger partial charge on any atom is 0.116 e. The van der Waals surface area contributed by atoms with Gasteiger partial charge in [0.05, 0.1) is 23.3 Å². The molecule has 0 aliphatic heterocycles. The summed E-state index contributed by atoms with van der Waals surface area (Å²) in [5.74, 6) is 0. The number of hydrogen-bond acceptors (Lipinski definition) is 5. The highest BCUT2D eigenvalue weighted by atomic mass is 35.5. The zero-order valence-electron chi connectivity index (χ0n) is 11.0. The first kappa shape index (κ1) is 13.3. The first-order chi connectivity index (χ1) is 10.2. The fourth-order valence-corrected chi connectivity index (χ4v) is 2.15. The number of aromatic nitrogens is 3. The molecule has 3 aromatic rings. The number of anilines is 3. The third kappa shape index (κ3) is 3.09. The number of pyridine rings is 1. The number of nitrogens with zero attached hydrogens (tertiary/aromatic N) is 3. The van der Waals surface area contributed by atoms with Gasteiger partial charge in [-0.15, -0.1) is 0 Å². The maximum absolute atomic E-state index is 5.99. The van der Waals surface area contributed by atoms with Crippen LogP contribution in [-0.2, 0) is 0 Å². The number of nitrogens with two attached hydrogens (primary N) is 1. The molecule has 3 N–H and O–H groups in total. The predicted molar refractivity (Wildman–Crippen MR) is 84.4 cm³/mol. The molecule has 0 aliphatic carbocycles. The van der Waals surface area contributed by atoms with Gasteiger partial charge in [-0.3, -0.25) is 4.98 Å². The molecule has 6 heteroatoms. The lowest BCUT2D eigenvalue weighted by molar-refractivity contribution is 1.17. The van der Waals surface area contributed by atoms with Crippen molar-refractivity contribution in [3.8, 4) is 11.3 Å². The standard InChI is InChI=1S/C15H12ClN5/c16-11-2-1-3-13(5-11)21-14-8-19-9-20-15(14)10-4-12(17)7-18-6-10/h1-9,21H,17H2. The van der Waals surface area contributed by atoms with Crippen molar-refractivity contribution in [2.24, 2.45) is 0 Å². The molecule has 3 rings (SSSR count). The third-order valence-electron chi connectivity index (χ3n) is 2.85. The molecule has 0 saturated heterocycles. The molecule has 2 aromatic heterocycles. The Morgan fingerprint density at radius 1 is 1.05 bits per heavy atom. The number of nitrogen functional groups attached to an aromatic ring is 1. The van der Waals surface area contributed by atoms with Crippen molar-refractivity contribution in [3.63, 3.8) is 0 Å². The SMILES string of the molecule is Nc1cncc(-c2ncncc2Nc2cccc(Cl)c2)c1. The largest absolute Gasteiger partial charge is 0.397 e. The first-order valence-electron chi connectivity index (χ1n) is 6.26. The van der Waals surface area contributed by atoms with Gasteiger partial charge in [0, 0.05) is 28.7 Å². The van der Waals surface area contributed by atoms with Gasteiger partial charge in [0.1, 0.15) is 6.33 Å². The lowest BCUT2D eigenvalue weighted by Gasteiger charge is -2.11. The summed E-state index contributed by atoms with van der Waals surface area (Å²) in [6.45, 7) is 0. The topological polar surface area (TPSA) is 76.7 Å². The van der Waals surface area contributed by atoms with Crippen molar-refractivity contribution in [1.29, 1.82) is 0 Å². The summed E-state index contributed by atoms with van der Waals surface area (Å²) >= 11 is 5.99. The van der Waals surface area contributed by atoms with E-state index in [9.17, 15) is 0 Å². The molecule has 0 fully saturated rings. The van der Waals surface area contributed by atoms with Crippen LogP contribution in [0.15, 0.2) is 55.2 Å². The Bertz CT molecular complexity index is 775. The van der Waals surface area contributed by atoms with E-state index in [1.54, 1.807) is 18.6 Å². The summed E-state index contributed by atoms with van der Waals surface area (Å²) < 4.78 is 0. The Hall–Kier alpha value is -2.66. The molecule has 0 radical (unpaired) electrons. The van der Waals surface area contributed by atoms with Crippen LogP contribution in [0.2, 0.25) is 5.02 Å². The van der Waals surface area contributed by atoms with E-state index in [0.29, 0.717) is 10.7 Å². The molecule has 5 nitrogen and oxygen atoms in total. The fraction of sp³-hybridized carbons (Fsp3) is 0. The smallest absolute Gasteiger partial charge is 0.116 e. The van der Waals surface area contributed by atoms with Crippen molar-refractivity contribution in [2.75, 3.05) is 11.1 Å². The summed E-state index contributed by atoms with van der Waals surface area (Å²) in [5, 5.41) is 3.91. The van der Waals surface area contributed by atoms with Crippen LogP contribution in [-0.4, -0.2) is 15.0 Å². The van der Waals surface area contributed by atoms with Crippen LogP contribution >= 0.6 is 11.6 Å². The summed E-state index contributed by atoms with van der Waals surface area (Å²) in [4.78, 5) is 12.4. The van der Waals surface area contributed by atoms with E-state index < -0.39 is 0 Å². The maximum atomic E-state index is 5.99. The van der Waals surface area contributed by atoms with Crippen molar-refractivity contribution in [3.05, 3.63) is 60.3 Å². The zero-order chi connectivity index (χ0) is 14.7. The van der Waals surface area contributed by atoms with Gasteiger partial charge in [-0.25, -0.2) is 9.97 Å². The second kappa shape index (κ2) is 5.76. The van der Waals surface area contributed by atoms with Gasteiger partial charge in [-0.2, -0.15) is 0 Å². The van der Waals surface area contributed by atoms with Crippen LogP contribution in [0.1, 0.15) is 0 Å². The van der Waals surface area contributed by atoms with E-state index >= 15 is 0 Å². The number of hydrogen-bond donors (Lipinski definition) is 2. The van der Waals surface area contributed by atoms with Gasteiger partial charge in [0.15, 0.2) is 0 Å². The number of rotatable bonds is 3. The summed E-state index contributed by atoms with van der Waals surface area (Å²) in [7, 11) is 0. The van der Waals surface area contributed by atoms with E-state index in [2.05, 4.69) is 20.3 Å². The Morgan fingerprint density at radius 3 is 2.76 bits per heavy atom.